The number of thiophene rings is 8. The Morgan fingerprint density at radius 1 is 0.333 bits per heavy atom. The van der Waals surface area contributed by atoms with Crippen LogP contribution in [0.25, 0.3) is 85.0 Å². The molecule has 0 radical (unpaired) electrons. The highest BCUT2D eigenvalue weighted by Crippen LogP contribution is 2.55. The van der Waals surface area contributed by atoms with E-state index in [9.17, 15) is 15.2 Å². The maximum Gasteiger partial charge on any atom is 0.347 e. The first-order valence-corrected chi connectivity index (χ1v) is 42.8. The van der Waals surface area contributed by atoms with Crippen LogP contribution in [0.15, 0.2) is 102 Å². The SMILES string of the molecule is CCCCCCCCCCCCc1cc(-c2ccc(-c3cc(CCCCCCCCCCCC)c(-c4cc5c(s4)/C(=C(\C#N)C(=O)O)c4ccccc4-5)s3)s2)sc1-c1ccc(-c2cc(CCCCCCCC)c(-c3ccc(-c4sccc4CCCCCCCC)s3)s2)s1. The van der Waals surface area contributed by atoms with Crippen molar-refractivity contribution in [2.75, 3.05) is 0 Å². The molecule has 0 amide bonds. The fourth-order valence-electron chi connectivity index (χ4n) is 13.6. The number of benzene rings is 1. The molecule has 0 saturated carbocycles. The van der Waals surface area contributed by atoms with Gasteiger partial charge >= 0.3 is 5.97 Å². The summed E-state index contributed by atoms with van der Waals surface area (Å²) in [6, 6.07) is 36.8. The average molecular weight is 1390 g/mol. The number of carboxylic acids is 1. The fourth-order valence-corrected chi connectivity index (χ4v) is 23.2. The second-order valence-corrected chi connectivity index (χ2v) is 34.5. The monoisotopic (exact) mass is 1390 g/mol. The van der Waals surface area contributed by atoms with Crippen LogP contribution in [0.4, 0.5) is 0 Å². The molecule has 0 aliphatic heterocycles. The van der Waals surface area contributed by atoms with Gasteiger partial charge in [0, 0.05) is 84.3 Å². The molecule has 8 aromatic heterocycles. The molecule has 1 aromatic carbocycles. The van der Waals surface area contributed by atoms with E-state index in [4.69, 9.17) is 0 Å². The number of rotatable bonds is 44. The van der Waals surface area contributed by atoms with Crippen LogP contribution < -0.4 is 0 Å². The number of fused-ring (bicyclic) bond motifs is 3. The van der Waals surface area contributed by atoms with E-state index >= 15 is 0 Å². The van der Waals surface area contributed by atoms with E-state index in [1.807, 2.05) is 97.6 Å². The first-order chi connectivity index (χ1) is 45.8. The second-order valence-electron chi connectivity index (χ2n) is 26.1. The summed E-state index contributed by atoms with van der Waals surface area (Å²) >= 11 is 15.5. The summed E-state index contributed by atoms with van der Waals surface area (Å²) in [7, 11) is 0. The number of carbonyl (C=O) groups is 1. The summed E-state index contributed by atoms with van der Waals surface area (Å²) in [5.41, 5.74) is 9.21. The molecule has 11 heteroatoms. The van der Waals surface area contributed by atoms with Crippen LogP contribution in [0.3, 0.4) is 0 Å². The minimum Gasteiger partial charge on any atom is -0.477 e. The molecule has 1 N–H and O–H groups in total. The minimum atomic E-state index is -1.17. The van der Waals surface area contributed by atoms with Gasteiger partial charge in [0.15, 0.2) is 0 Å². The van der Waals surface area contributed by atoms with Crippen molar-refractivity contribution in [2.24, 2.45) is 0 Å². The molecule has 9 aromatic rings. The zero-order valence-electron chi connectivity index (χ0n) is 56.3. The Labute approximate surface area is 591 Å². The molecular weight excluding hydrogens is 1290 g/mol. The molecule has 0 atom stereocenters. The van der Waals surface area contributed by atoms with E-state index < -0.39 is 5.97 Å². The number of hydrogen-bond donors (Lipinski definition) is 1. The van der Waals surface area contributed by atoms with E-state index in [1.165, 1.54) is 291 Å². The lowest BCUT2D eigenvalue weighted by Crippen LogP contribution is -2.01. The Balaban J connectivity index is 0.923. The molecule has 93 heavy (non-hydrogen) atoms. The van der Waals surface area contributed by atoms with Crippen LogP contribution in [-0.4, -0.2) is 11.1 Å². The molecule has 1 aliphatic carbocycles. The van der Waals surface area contributed by atoms with Crippen molar-refractivity contribution in [3.8, 4) is 85.5 Å². The standard InChI is InChI=1S/C82H101NO2S8/c1-5-9-13-17-21-23-25-27-31-35-41-59-53-72(90-78(59)70-48-47-68(88-70)74-54-60(40-34-30-20-16-12-8-4)79(91-74)71-50-49-69(89-71)77-58(51-52-86-77)39-33-29-19-15-11-7-3)66-45-46-67(87-66)73-55-61(42-36-32-28-26-24-22-18-14-10-6-2)80(92-73)75-56-64-62-43-37-38-44-63(62)76(81(64)93-75)65(57-83)82(84)85/h37-38,43-56H,5-36,39-42H2,1-4H3,(H,84,85)/b76-65+. The van der Waals surface area contributed by atoms with Gasteiger partial charge in [0.2, 0.25) is 0 Å². The van der Waals surface area contributed by atoms with Gasteiger partial charge in [-0.15, -0.1) is 90.7 Å². The van der Waals surface area contributed by atoms with E-state index in [0.717, 1.165) is 52.1 Å². The van der Waals surface area contributed by atoms with Crippen molar-refractivity contribution in [3.05, 3.63) is 135 Å². The molecule has 3 nitrogen and oxygen atoms in total. The van der Waals surface area contributed by atoms with Crippen LogP contribution >= 0.6 is 90.7 Å². The molecule has 0 fully saturated rings. The zero-order chi connectivity index (χ0) is 64.6. The van der Waals surface area contributed by atoms with Crippen LogP contribution in [0.2, 0.25) is 0 Å². The Kier molecular flexibility index (Phi) is 29.0. The third kappa shape index (κ3) is 19.4. The summed E-state index contributed by atoms with van der Waals surface area (Å²) in [6.45, 7) is 9.23. The summed E-state index contributed by atoms with van der Waals surface area (Å²) in [5, 5.41) is 22.8. The number of hydrogen-bond acceptors (Lipinski definition) is 10. The number of nitrogens with zero attached hydrogens (tertiary/aromatic N) is 1. The first kappa shape index (κ1) is 71.3. The van der Waals surface area contributed by atoms with Crippen LogP contribution in [0.1, 0.15) is 266 Å². The summed E-state index contributed by atoms with van der Waals surface area (Å²) in [5.74, 6) is -1.17. The van der Waals surface area contributed by atoms with E-state index in [0.29, 0.717) is 5.57 Å². The molecular formula is C82H101NO2S8. The fraction of sp³-hybridized carbons (Fsp3) is 0.488. The first-order valence-electron chi connectivity index (χ1n) is 36.2. The van der Waals surface area contributed by atoms with Gasteiger partial charge in [-0.25, -0.2) is 4.79 Å². The van der Waals surface area contributed by atoms with Gasteiger partial charge in [-0.3, -0.25) is 0 Å². The normalized spacial score (nSPS) is 12.5. The van der Waals surface area contributed by atoms with Crippen molar-refractivity contribution >= 4 is 102 Å². The number of nitriles is 1. The summed E-state index contributed by atoms with van der Waals surface area (Å²) in [6.07, 6.45) is 46.7. The molecule has 494 valence electrons. The van der Waals surface area contributed by atoms with Crippen LogP contribution in [-0.2, 0) is 30.5 Å². The van der Waals surface area contributed by atoms with Crippen molar-refractivity contribution < 1.29 is 9.90 Å². The maximum absolute atomic E-state index is 12.6. The van der Waals surface area contributed by atoms with E-state index in [-0.39, 0.29) is 5.57 Å². The van der Waals surface area contributed by atoms with Crippen LogP contribution in [0.5, 0.6) is 0 Å². The van der Waals surface area contributed by atoms with Crippen molar-refractivity contribution in [1.29, 1.82) is 5.26 Å². The smallest absolute Gasteiger partial charge is 0.347 e. The van der Waals surface area contributed by atoms with Gasteiger partial charge in [-0.1, -0.05) is 232 Å². The number of aliphatic carboxylic acids is 1. The predicted octanol–water partition coefficient (Wildman–Crippen LogP) is 30.0. The maximum atomic E-state index is 12.6. The molecule has 0 bridgehead atoms. The van der Waals surface area contributed by atoms with Gasteiger partial charge in [-0.2, -0.15) is 5.26 Å². The Hall–Kier alpha value is -4.48. The van der Waals surface area contributed by atoms with E-state index in [2.05, 4.69) is 112 Å². The van der Waals surface area contributed by atoms with Crippen molar-refractivity contribution in [1.82, 2.24) is 0 Å². The van der Waals surface area contributed by atoms with Gasteiger partial charge in [-0.05, 0) is 157 Å². The Morgan fingerprint density at radius 2 is 0.667 bits per heavy atom. The quantitative estimate of drug-likeness (QED) is 0.0235. The van der Waals surface area contributed by atoms with E-state index in [1.54, 1.807) is 11.3 Å². The summed E-state index contributed by atoms with van der Waals surface area (Å²) in [4.78, 5) is 32.7. The molecule has 8 heterocycles. The third-order valence-corrected chi connectivity index (χ3v) is 29.0. The average Bonchev–Trinajstić information content (AvgIpc) is 1.59. The molecule has 10 rings (SSSR count). The second kappa shape index (κ2) is 37.9. The molecule has 0 saturated heterocycles. The minimum absolute atomic E-state index is 0.185. The van der Waals surface area contributed by atoms with Crippen LogP contribution in [0, 0.1) is 11.3 Å². The number of carboxylic acid groups (broad SMARTS) is 1. The van der Waals surface area contributed by atoms with Gasteiger partial charge in [0.25, 0.3) is 0 Å². The Morgan fingerprint density at radius 3 is 1.08 bits per heavy atom. The summed E-state index contributed by atoms with van der Waals surface area (Å²) < 4.78 is 0. The Bertz CT molecular complexity index is 3810. The highest BCUT2D eigenvalue weighted by atomic mass is 32.1. The lowest BCUT2D eigenvalue weighted by atomic mass is 10.0. The number of unbranched alkanes of at least 4 members (excludes halogenated alkanes) is 28. The highest BCUT2D eigenvalue weighted by molar-refractivity contribution is 7.31. The van der Waals surface area contributed by atoms with Gasteiger partial charge < -0.3 is 5.11 Å². The predicted molar refractivity (Wildman–Crippen MR) is 417 cm³/mol. The topological polar surface area (TPSA) is 61.1 Å². The van der Waals surface area contributed by atoms with Crippen molar-refractivity contribution in [3.63, 3.8) is 0 Å². The van der Waals surface area contributed by atoms with Gasteiger partial charge in [0.1, 0.15) is 11.6 Å². The third-order valence-electron chi connectivity index (χ3n) is 18.8. The molecule has 0 unspecified atom stereocenters. The lowest BCUT2D eigenvalue weighted by Gasteiger charge is -2.05. The molecule has 0 spiro atoms. The highest BCUT2D eigenvalue weighted by Gasteiger charge is 2.32. The molecule has 1 aliphatic rings. The largest absolute Gasteiger partial charge is 0.477 e. The number of aryl methyl sites for hydroxylation is 4. The van der Waals surface area contributed by atoms with Crippen molar-refractivity contribution in [2.45, 2.75) is 259 Å². The van der Waals surface area contributed by atoms with Gasteiger partial charge in [0.05, 0.1) is 0 Å². The lowest BCUT2D eigenvalue weighted by molar-refractivity contribution is -0.132. The zero-order valence-corrected chi connectivity index (χ0v) is 62.8.